The van der Waals surface area contributed by atoms with E-state index >= 15 is 0 Å². The number of likely N-dealkylation sites (tertiary alicyclic amines) is 1. The first-order valence-electron chi connectivity index (χ1n) is 12.8. The summed E-state index contributed by atoms with van der Waals surface area (Å²) in [5.41, 5.74) is 3.35. The molecule has 0 saturated carbocycles. The van der Waals surface area contributed by atoms with Crippen LogP contribution in [0.4, 0.5) is 0 Å². The summed E-state index contributed by atoms with van der Waals surface area (Å²) in [6.45, 7) is 11.6. The number of aromatic nitrogens is 2. The fourth-order valence-corrected chi connectivity index (χ4v) is 5.11. The van der Waals surface area contributed by atoms with Crippen LogP contribution < -0.4 is 4.74 Å². The zero-order valence-electron chi connectivity index (χ0n) is 21.7. The molecule has 0 radical (unpaired) electrons. The predicted molar refractivity (Wildman–Crippen MR) is 143 cm³/mol. The van der Waals surface area contributed by atoms with E-state index in [0.29, 0.717) is 61.3 Å². The Balaban J connectivity index is 1.57. The molecular weight excluding hydrogens is 484 g/mol. The number of hydrogen-bond donors (Lipinski definition) is 1. The SMILES string of the molecule is C=CCOc1ccc(C2C(=C(O)c3nc4c(C)cccn4c3C)C(=O)C(=O)N2CCN2CCOCC2)cc1. The van der Waals surface area contributed by atoms with Crippen molar-refractivity contribution in [1.82, 2.24) is 19.2 Å². The maximum Gasteiger partial charge on any atom is 0.295 e. The second kappa shape index (κ2) is 10.8. The molecule has 198 valence electrons. The number of aryl methyl sites for hydroxylation is 2. The van der Waals surface area contributed by atoms with Gasteiger partial charge in [-0.3, -0.25) is 14.5 Å². The van der Waals surface area contributed by atoms with Crippen molar-refractivity contribution >= 4 is 23.1 Å². The smallest absolute Gasteiger partial charge is 0.295 e. The quantitative estimate of drug-likeness (QED) is 0.212. The molecule has 0 aliphatic carbocycles. The summed E-state index contributed by atoms with van der Waals surface area (Å²) in [6.07, 6.45) is 3.52. The summed E-state index contributed by atoms with van der Waals surface area (Å²) in [4.78, 5) is 35.2. The number of hydrogen-bond acceptors (Lipinski definition) is 7. The van der Waals surface area contributed by atoms with E-state index in [1.165, 1.54) is 0 Å². The van der Waals surface area contributed by atoms with Crippen molar-refractivity contribution in [3.05, 3.63) is 83.3 Å². The van der Waals surface area contributed by atoms with Crippen LogP contribution in [0.3, 0.4) is 0 Å². The zero-order valence-corrected chi connectivity index (χ0v) is 21.7. The van der Waals surface area contributed by atoms with Gasteiger partial charge in [0.2, 0.25) is 0 Å². The lowest BCUT2D eigenvalue weighted by Gasteiger charge is -2.31. The Kier molecular flexibility index (Phi) is 7.31. The van der Waals surface area contributed by atoms with E-state index in [0.717, 1.165) is 18.7 Å². The Morgan fingerprint density at radius 2 is 1.89 bits per heavy atom. The number of aliphatic hydroxyl groups is 1. The van der Waals surface area contributed by atoms with Gasteiger partial charge >= 0.3 is 0 Å². The van der Waals surface area contributed by atoms with E-state index in [4.69, 9.17) is 9.47 Å². The normalized spacial score (nSPS) is 19.8. The summed E-state index contributed by atoms with van der Waals surface area (Å²) >= 11 is 0. The number of fused-ring (bicyclic) bond motifs is 1. The third-order valence-corrected chi connectivity index (χ3v) is 7.17. The minimum atomic E-state index is -0.755. The van der Waals surface area contributed by atoms with Crippen LogP contribution in [0.25, 0.3) is 11.4 Å². The number of pyridine rings is 1. The molecule has 38 heavy (non-hydrogen) atoms. The molecule has 4 heterocycles. The maximum atomic E-state index is 13.5. The molecule has 1 unspecified atom stereocenters. The van der Waals surface area contributed by atoms with Crippen LogP contribution in [0.5, 0.6) is 5.75 Å². The van der Waals surface area contributed by atoms with E-state index in [1.54, 1.807) is 23.1 Å². The molecule has 3 aromatic rings. The number of benzene rings is 1. The van der Waals surface area contributed by atoms with Crippen molar-refractivity contribution in [2.24, 2.45) is 0 Å². The number of Topliss-reactive ketones (excluding diaryl/α,β-unsaturated/α-hetero) is 1. The average molecular weight is 517 g/mol. The highest BCUT2D eigenvalue weighted by Gasteiger charge is 2.46. The molecule has 1 atom stereocenters. The van der Waals surface area contributed by atoms with Gasteiger partial charge in [-0.05, 0) is 43.2 Å². The fourth-order valence-electron chi connectivity index (χ4n) is 5.11. The van der Waals surface area contributed by atoms with Crippen LogP contribution in [0.1, 0.15) is 28.6 Å². The van der Waals surface area contributed by atoms with Crippen LogP contribution in [-0.4, -0.2) is 82.0 Å². The van der Waals surface area contributed by atoms with Crippen LogP contribution in [0.15, 0.2) is 60.8 Å². The summed E-state index contributed by atoms with van der Waals surface area (Å²) in [5.74, 6) is -0.968. The molecule has 9 heteroatoms. The van der Waals surface area contributed by atoms with Crippen molar-refractivity contribution in [3.63, 3.8) is 0 Å². The monoisotopic (exact) mass is 516 g/mol. The molecule has 1 N–H and O–H groups in total. The molecular formula is C29H32N4O5. The number of morpholine rings is 1. The maximum absolute atomic E-state index is 13.5. The molecule has 2 fully saturated rings. The highest BCUT2D eigenvalue weighted by Crippen LogP contribution is 2.40. The predicted octanol–water partition coefficient (Wildman–Crippen LogP) is 3.27. The van der Waals surface area contributed by atoms with Gasteiger partial charge in [-0.1, -0.05) is 30.9 Å². The van der Waals surface area contributed by atoms with E-state index < -0.39 is 17.7 Å². The van der Waals surface area contributed by atoms with Gasteiger partial charge in [-0.25, -0.2) is 4.98 Å². The number of rotatable bonds is 8. The van der Waals surface area contributed by atoms with Crippen LogP contribution in [-0.2, 0) is 14.3 Å². The number of carbonyl (C=O) groups excluding carboxylic acids is 2. The zero-order chi connectivity index (χ0) is 26.8. The second-order valence-corrected chi connectivity index (χ2v) is 9.55. The van der Waals surface area contributed by atoms with E-state index in [9.17, 15) is 14.7 Å². The molecule has 1 amide bonds. The average Bonchev–Trinajstić information content (AvgIpc) is 3.41. The Hall–Kier alpha value is -3.95. The number of ether oxygens (including phenoxy) is 2. The number of aliphatic hydroxyl groups excluding tert-OH is 1. The lowest BCUT2D eigenvalue weighted by Crippen LogP contribution is -2.42. The van der Waals surface area contributed by atoms with Gasteiger partial charge in [0.05, 0.1) is 30.5 Å². The minimum Gasteiger partial charge on any atom is -0.505 e. The Bertz CT molecular complexity index is 1400. The molecule has 1 aromatic carbocycles. The summed E-state index contributed by atoms with van der Waals surface area (Å²) in [5, 5.41) is 11.6. The lowest BCUT2D eigenvalue weighted by atomic mass is 9.96. The first-order chi connectivity index (χ1) is 18.4. The van der Waals surface area contributed by atoms with Crippen LogP contribution in [0, 0.1) is 13.8 Å². The van der Waals surface area contributed by atoms with Crippen molar-refractivity contribution in [2.45, 2.75) is 19.9 Å². The molecule has 2 aliphatic heterocycles. The molecule has 0 spiro atoms. The fraction of sp³-hybridized carbons (Fsp3) is 0.345. The van der Waals surface area contributed by atoms with Crippen molar-refractivity contribution in [2.75, 3.05) is 46.0 Å². The number of carbonyl (C=O) groups is 2. The molecule has 9 nitrogen and oxygen atoms in total. The Morgan fingerprint density at radius 3 is 2.58 bits per heavy atom. The van der Waals surface area contributed by atoms with E-state index in [2.05, 4.69) is 16.5 Å². The van der Waals surface area contributed by atoms with Gasteiger partial charge in [-0.15, -0.1) is 0 Å². The van der Waals surface area contributed by atoms with Gasteiger partial charge in [0, 0.05) is 32.4 Å². The van der Waals surface area contributed by atoms with Gasteiger partial charge in [0.15, 0.2) is 5.76 Å². The Labute approximate surface area is 221 Å². The highest BCUT2D eigenvalue weighted by atomic mass is 16.5. The summed E-state index contributed by atoms with van der Waals surface area (Å²) < 4.78 is 12.9. The van der Waals surface area contributed by atoms with Gasteiger partial charge in [-0.2, -0.15) is 0 Å². The van der Waals surface area contributed by atoms with Gasteiger partial charge in [0.25, 0.3) is 11.7 Å². The van der Waals surface area contributed by atoms with Crippen LogP contribution >= 0.6 is 0 Å². The topological polar surface area (TPSA) is 96.6 Å². The number of amides is 1. The standard InChI is InChI=1S/C29H32N4O5/c1-4-16-38-22-9-7-21(8-10-22)25-23(26(34)24-20(3)32-11-5-6-19(2)28(32)30-24)27(35)29(36)33(25)13-12-31-14-17-37-18-15-31/h4-11,25,34H,1,12-18H2,2-3H3. The molecule has 2 aromatic heterocycles. The number of nitrogens with zero attached hydrogens (tertiary/aromatic N) is 4. The first-order valence-corrected chi connectivity index (χ1v) is 12.8. The van der Waals surface area contributed by atoms with E-state index in [-0.39, 0.29) is 11.3 Å². The van der Waals surface area contributed by atoms with Gasteiger partial charge in [0.1, 0.15) is 23.7 Å². The van der Waals surface area contributed by atoms with E-state index in [1.807, 2.05) is 48.7 Å². The highest BCUT2D eigenvalue weighted by molar-refractivity contribution is 6.46. The largest absolute Gasteiger partial charge is 0.505 e. The number of imidazole rings is 1. The third kappa shape index (κ3) is 4.70. The second-order valence-electron chi connectivity index (χ2n) is 9.55. The summed E-state index contributed by atoms with van der Waals surface area (Å²) in [6, 6.07) is 10.3. The first kappa shape index (κ1) is 25.7. The molecule has 2 aliphatic rings. The van der Waals surface area contributed by atoms with Crippen LogP contribution in [0.2, 0.25) is 0 Å². The van der Waals surface area contributed by atoms with Crippen molar-refractivity contribution in [1.29, 1.82) is 0 Å². The molecule has 5 rings (SSSR count). The lowest BCUT2D eigenvalue weighted by molar-refractivity contribution is -0.140. The summed E-state index contributed by atoms with van der Waals surface area (Å²) in [7, 11) is 0. The Morgan fingerprint density at radius 1 is 1.16 bits per heavy atom. The third-order valence-electron chi connectivity index (χ3n) is 7.17. The van der Waals surface area contributed by atoms with Crippen molar-refractivity contribution in [3.8, 4) is 5.75 Å². The molecule has 2 saturated heterocycles. The number of ketones is 1. The minimum absolute atomic E-state index is 0.0425. The molecule has 0 bridgehead atoms. The van der Waals surface area contributed by atoms with Gasteiger partial charge < -0.3 is 23.9 Å². The van der Waals surface area contributed by atoms with Crippen molar-refractivity contribution < 1.29 is 24.2 Å².